The normalized spacial score (nSPS) is 10.5. The number of nitrogens with zero attached hydrogens (tertiary/aromatic N) is 2. The van der Waals surface area contributed by atoms with Gasteiger partial charge in [-0.2, -0.15) is 0 Å². The van der Waals surface area contributed by atoms with Crippen LogP contribution in [0.25, 0.3) is 10.9 Å². The highest BCUT2D eigenvalue weighted by Gasteiger charge is 1.97. The lowest BCUT2D eigenvalue weighted by molar-refractivity contribution is 1.07. The summed E-state index contributed by atoms with van der Waals surface area (Å²) in [4.78, 5) is 7.99. The molecule has 1 heterocycles. The van der Waals surface area contributed by atoms with Gasteiger partial charge < -0.3 is 11.5 Å². The van der Waals surface area contributed by atoms with Crippen LogP contribution in [0.5, 0.6) is 0 Å². The van der Waals surface area contributed by atoms with Gasteiger partial charge >= 0.3 is 0 Å². The first-order valence-corrected chi connectivity index (χ1v) is 4.01. The van der Waals surface area contributed by atoms with Gasteiger partial charge in [-0.15, -0.1) is 0 Å². The lowest BCUT2D eigenvalue weighted by Crippen LogP contribution is -1.98. The van der Waals surface area contributed by atoms with Crippen molar-refractivity contribution >= 4 is 16.9 Å². The molecule has 0 aliphatic heterocycles. The molecule has 0 spiro atoms. The molecule has 1 aromatic carbocycles. The number of hydrogen-bond acceptors (Lipinski definition) is 4. The first-order chi connectivity index (χ1) is 6.29. The Bertz CT molecular complexity index is 439. The highest BCUT2D eigenvalue weighted by molar-refractivity contribution is 5.79. The van der Waals surface area contributed by atoms with Crippen LogP contribution >= 0.6 is 0 Å². The molecule has 0 saturated heterocycles. The molecule has 0 radical (unpaired) electrons. The molecule has 0 unspecified atom stereocenters. The molecular weight excluding hydrogens is 164 g/mol. The lowest BCUT2D eigenvalue weighted by Gasteiger charge is -2.00. The largest absolute Gasteiger partial charge is 0.368 e. The van der Waals surface area contributed by atoms with Crippen molar-refractivity contribution in [2.75, 3.05) is 5.73 Å². The second-order valence-electron chi connectivity index (χ2n) is 2.83. The van der Waals surface area contributed by atoms with Gasteiger partial charge in [-0.3, -0.25) is 0 Å². The predicted molar refractivity (Wildman–Crippen MR) is 51.8 cm³/mol. The van der Waals surface area contributed by atoms with Gasteiger partial charge in [0, 0.05) is 18.1 Å². The van der Waals surface area contributed by atoms with Crippen molar-refractivity contribution < 1.29 is 0 Å². The number of benzene rings is 1. The predicted octanol–water partition coefficient (Wildman–Crippen LogP) is 0.671. The fourth-order valence-corrected chi connectivity index (χ4v) is 1.21. The molecule has 66 valence electrons. The Morgan fingerprint density at radius 2 is 2.15 bits per heavy atom. The molecule has 0 amide bonds. The number of fused-ring (bicyclic) bond motifs is 1. The van der Waals surface area contributed by atoms with Crippen LogP contribution in [0.4, 0.5) is 5.95 Å². The van der Waals surface area contributed by atoms with Crippen LogP contribution < -0.4 is 11.5 Å². The highest BCUT2D eigenvalue weighted by atomic mass is 15.0. The molecular formula is C9H10N4. The number of rotatable bonds is 1. The van der Waals surface area contributed by atoms with E-state index in [1.165, 1.54) is 0 Å². The van der Waals surface area contributed by atoms with Crippen LogP contribution in [0.3, 0.4) is 0 Å². The molecule has 2 aromatic rings. The fourth-order valence-electron chi connectivity index (χ4n) is 1.21. The quantitative estimate of drug-likeness (QED) is 0.666. The third-order valence-electron chi connectivity index (χ3n) is 1.90. The smallest absolute Gasteiger partial charge is 0.220 e. The summed E-state index contributed by atoms with van der Waals surface area (Å²) in [5, 5.41) is 0.978. The van der Waals surface area contributed by atoms with E-state index < -0.39 is 0 Å². The molecule has 0 saturated carbocycles. The average Bonchev–Trinajstić information content (AvgIpc) is 2.16. The van der Waals surface area contributed by atoms with Crippen LogP contribution in [-0.4, -0.2) is 9.97 Å². The molecule has 13 heavy (non-hydrogen) atoms. The molecule has 0 fully saturated rings. The first-order valence-electron chi connectivity index (χ1n) is 4.01. The van der Waals surface area contributed by atoms with E-state index in [2.05, 4.69) is 9.97 Å². The Balaban J connectivity index is 2.68. The standard InChI is InChI=1S/C9H10N4/c10-4-6-1-2-7-5-12-9(11)13-8(7)3-6/h1-3,5H,4,10H2,(H2,11,12,13). The molecule has 0 aliphatic rings. The summed E-state index contributed by atoms with van der Waals surface area (Å²) in [6.07, 6.45) is 1.71. The van der Waals surface area contributed by atoms with Crippen molar-refractivity contribution in [2.24, 2.45) is 5.73 Å². The van der Waals surface area contributed by atoms with E-state index in [1.807, 2.05) is 18.2 Å². The number of hydrogen-bond donors (Lipinski definition) is 2. The SMILES string of the molecule is NCc1ccc2cnc(N)nc2c1. The van der Waals surface area contributed by atoms with Crippen molar-refractivity contribution in [1.82, 2.24) is 9.97 Å². The zero-order chi connectivity index (χ0) is 9.26. The number of anilines is 1. The minimum absolute atomic E-state index is 0.293. The van der Waals surface area contributed by atoms with E-state index in [-0.39, 0.29) is 0 Å². The molecule has 0 aliphatic carbocycles. The molecule has 2 rings (SSSR count). The molecule has 4 nitrogen and oxygen atoms in total. The minimum Gasteiger partial charge on any atom is -0.368 e. The number of aromatic nitrogens is 2. The summed E-state index contributed by atoms with van der Waals surface area (Å²) in [7, 11) is 0. The minimum atomic E-state index is 0.293. The second-order valence-corrected chi connectivity index (χ2v) is 2.83. The molecule has 0 bridgehead atoms. The van der Waals surface area contributed by atoms with E-state index in [0.29, 0.717) is 12.5 Å². The van der Waals surface area contributed by atoms with E-state index in [0.717, 1.165) is 16.5 Å². The van der Waals surface area contributed by atoms with Crippen LogP contribution in [0.2, 0.25) is 0 Å². The summed E-state index contributed by atoms with van der Waals surface area (Å²) in [5.41, 5.74) is 12.9. The summed E-state index contributed by atoms with van der Waals surface area (Å²) in [6.45, 7) is 0.514. The monoisotopic (exact) mass is 174 g/mol. The van der Waals surface area contributed by atoms with Crippen molar-refractivity contribution in [3.05, 3.63) is 30.0 Å². The topological polar surface area (TPSA) is 77.8 Å². The summed E-state index contributed by atoms with van der Waals surface area (Å²) < 4.78 is 0. The van der Waals surface area contributed by atoms with Gasteiger partial charge in [-0.1, -0.05) is 12.1 Å². The van der Waals surface area contributed by atoms with Crippen molar-refractivity contribution in [1.29, 1.82) is 0 Å². The van der Waals surface area contributed by atoms with E-state index in [9.17, 15) is 0 Å². The summed E-state index contributed by atoms with van der Waals surface area (Å²) in [5.74, 6) is 0.293. The van der Waals surface area contributed by atoms with E-state index >= 15 is 0 Å². The van der Waals surface area contributed by atoms with Crippen molar-refractivity contribution in [3.63, 3.8) is 0 Å². The van der Waals surface area contributed by atoms with Crippen LogP contribution in [-0.2, 0) is 6.54 Å². The second kappa shape index (κ2) is 2.99. The maximum absolute atomic E-state index is 5.50. The van der Waals surface area contributed by atoms with Gasteiger partial charge in [0.25, 0.3) is 0 Å². The molecule has 4 N–H and O–H groups in total. The van der Waals surface area contributed by atoms with Gasteiger partial charge in [0.15, 0.2) is 0 Å². The number of nitrogens with two attached hydrogens (primary N) is 2. The van der Waals surface area contributed by atoms with Gasteiger partial charge in [0.1, 0.15) is 0 Å². The Morgan fingerprint density at radius 3 is 2.92 bits per heavy atom. The zero-order valence-electron chi connectivity index (χ0n) is 7.07. The van der Waals surface area contributed by atoms with E-state index in [4.69, 9.17) is 11.5 Å². The van der Waals surface area contributed by atoms with Gasteiger partial charge in [0.05, 0.1) is 5.52 Å². The average molecular weight is 174 g/mol. The van der Waals surface area contributed by atoms with Crippen LogP contribution in [0, 0.1) is 0 Å². The lowest BCUT2D eigenvalue weighted by atomic mass is 10.1. The third-order valence-corrected chi connectivity index (χ3v) is 1.90. The van der Waals surface area contributed by atoms with Crippen molar-refractivity contribution in [2.45, 2.75) is 6.54 Å². The van der Waals surface area contributed by atoms with Gasteiger partial charge in [-0.05, 0) is 11.6 Å². The summed E-state index contributed by atoms with van der Waals surface area (Å²) >= 11 is 0. The van der Waals surface area contributed by atoms with Crippen LogP contribution in [0.1, 0.15) is 5.56 Å². The Hall–Kier alpha value is -1.68. The summed E-state index contributed by atoms with van der Waals surface area (Å²) in [6, 6.07) is 5.83. The highest BCUT2D eigenvalue weighted by Crippen LogP contribution is 2.13. The van der Waals surface area contributed by atoms with E-state index in [1.54, 1.807) is 6.20 Å². The Kier molecular flexibility index (Phi) is 1.83. The van der Waals surface area contributed by atoms with Crippen LogP contribution in [0.15, 0.2) is 24.4 Å². The Morgan fingerprint density at radius 1 is 1.31 bits per heavy atom. The molecule has 4 heteroatoms. The zero-order valence-corrected chi connectivity index (χ0v) is 7.07. The molecule has 1 aromatic heterocycles. The van der Waals surface area contributed by atoms with Crippen molar-refractivity contribution in [3.8, 4) is 0 Å². The molecule has 0 atom stereocenters. The fraction of sp³-hybridized carbons (Fsp3) is 0.111. The Labute approximate surface area is 75.6 Å². The number of nitrogen functional groups attached to an aromatic ring is 1. The van der Waals surface area contributed by atoms with Gasteiger partial charge in [-0.25, -0.2) is 9.97 Å². The first kappa shape index (κ1) is 7.94. The third kappa shape index (κ3) is 1.43. The van der Waals surface area contributed by atoms with Gasteiger partial charge in [0.2, 0.25) is 5.95 Å². The maximum atomic E-state index is 5.50. The maximum Gasteiger partial charge on any atom is 0.220 e.